The van der Waals surface area contributed by atoms with Crippen LogP contribution < -0.4 is 0 Å². The van der Waals surface area contributed by atoms with Crippen LogP contribution in [0.5, 0.6) is 0 Å². The molecule has 1 amide bonds. The third-order valence-electron chi connectivity index (χ3n) is 3.16. The SMILES string of the molecule is O=C(c1csc(Br)c1)N1CCCCCC1CO. The molecule has 3 nitrogen and oxygen atoms in total. The second-order valence-electron chi connectivity index (χ2n) is 4.32. The zero-order chi connectivity index (χ0) is 12.3. The highest BCUT2D eigenvalue weighted by atomic mass is 79.9. The van der Waals surface area contributed by atoms with Crippen LogP contribution in [0.2, 0.25) is 0 Å². The number of carbonyl (C=O) groups excluding carboxylic acids is 1. The van der Waals surface area contributed by atoms with Gasteiger partial charge in [0.2, 0.25) is 0 Å². The van der Waals surface area contributed by atoms with Crippen molar-refractivity contribution >= 4 is 33.2 Å². The number of hydrogen-bond acceptors (Lipinski definition) is 3. The first kappa shape index (κ1) is 13.1. The normalized spacial score (nSPS) is 21.3. The Morgan fingerprint density at radius 1 is 1.53 bits per heavy atom. The lowest BCUT2D eigenvalue weighted by molar-refractivity contribution is 0.0600. The molecule has 1 saturated heterocycles. The summed E-state index contributed by atoms with van der Waals surface area (Å²) in [5.41, 5.74) is 0.724. The van der Waals surface area contributed by atoms with E-state index in [0.29, 0.717) is 0 Å². The maximum Gasteiger partial charge on any atom is 0.255 e. The molecule has 2 heterocycles. The van der Waals surface area contributed by atoms with E-state index in [1.807, 2.05) is 16.3 Å². The number of aliphatic hydroxyl groups is 1. The first-order valence-electron chi connectivity index (χ1n) is 5.88. The van der Waals surface area contributed by atoms with Crippen LogP contribution in [0.25, 0.3) is 0 Å². The molecular weight excluding hydrogens is 302 g/mol. The number of thiophene rings is 1. The Hall–Kier alpha value is -0.390. The van der Waals surface area contributed by atoms with Crippen molar-refractivity contribution in [1.29, 1.82) is 0 Å². The molecule has 1 atom stereocenters. The summed E-state index contributed by atoms with van der Waals surface area (Å²) in [5, 5.41) is 11.3. The summed E-state index contributed by atoms with van der Waals surface area (Å²) < 4.78 is 0.969. The Morgan fingerprint density at radius 3 is 3.00 bits per heavy atom. The molecule has 1 aromatic rings. The van der Waals surface area contributed by atoms with E-state index in [1.165, 1.54) is 11.3 Å². The molecule has 0 aliphatic carbocycles. The van der Waals surface area contributed by atoms with Gasteiger partial charge in [-0.1, -0.05) is 12.8 Å². The summed E-state index contributed by atoms with van der Waals surface area (Å²) in [5.74, 6) is 0.0490. The fourth-order valence-corrected chi connectivity index (χ4v) is 3.35. The van der Waals surface area contributed by atoms with E-state index in [0.717, 1.165) is 41.6 Å². The van der Waals surface area contributed by atoms with Crippen molar-refractivity contribution < 1.29 is 9.90 Å². The van der Waals surface area contributed by atoms with Gasteiger partial charge in [-0.15, -0.1) is 11.3 Å². The van der Waals surface area contributed by atoms with Crippen LogP contribution in [0.1, 0.15) is 36.0 Å². The topological polar surface area (TPSA) is 40.5 Å². The van der Waals surface area contributed by atoms with E-state index in [9.17, 15) is 9.90 Å². The van der Waals surface area contributed by atoms with Crippen LogP contribution in [0, 0.1) is 0 Å². The van der Waals surface area contributed by atoms with Crippen LogP contribution in [0.15, 0.2) is 15.2 Å². The molecule has 1 unspecified atom stereocenters. The second-order valence-corrected chi connectivity index (χ2v) is 6.61. The monoisotopic (exact) mass is 317 g/mol. The Kier molecular flexibility index (Phi) is 4.59. The number of rotatable bonds is 2. The number of amides is 1. The molecule has 2 rings (SSSR count). The van der Waals surface area contributed by atoms with E-state index in [2.05, 4.69) is 15.9 Å². The van der Waals surface area contributed by atoms with Crippen LogP contribution in [0.4, 0.5) is 0 Å². The minimum Gasteiger partial charge on any atom is -0.394 e. The summed E-state index contributed by atoms with van der Waals surface area (Å²) in [4.78, 5) is 14.2. The molecule has 0 aromatic carbocycles. The molecular formula is C12H16BrNO2S. The van der Waals surface area contributed by atoms with Crippen molar-refractivity contribution in [2.24, 2.45) is 0 Å². The summed E-state index contributed by atoms with van der Waals surface area (Å²) in [7, 11) is 0. The standard InChI is InChI=1S/C12H16BrNO2S/c13-11-6-9(8-17-11)12(16)14-5-3-1-2-4-10(14)7-15/h6,8,10,15H,1-5,7H2. The van der Waals surface area contributed by atoms with Gasteiger partial charge in [-0.3, -0.25) is 4.79 Å². The zero-order valence-corrected chi connectivity index (χ0v) is 12.0. The van der Waals surface area contributed by atoms with Gasteiger partial charge in [0, 0.05) is 11.9 Å². The Bertz CT molecular complexity index is 394. The van der Waals surface area contributed by atoms with Gasteiger partial charge in [-0.2, -0.15) is 0 Å². The number of halogens is 1. The Labute approximate surface area is 114 Å². The van der Waals surface area contributed by atoms with E-state index in [-0.39, 0.29) is 18.6 Å². The summed E-state index contributed by atoms with van der Waals surface area (Å²) in [6.07, 6.45) is 4.19. The summed E-state index contributed by atoms with van der Waals surface area (Å²) in [6.45, 7) is 0.828. The smallest absolute Gasteiger partial charge is 0.255 e. The van der Waals surface area contributed by atoms with Crippen molar-refractivity contribution in [2.75, 3.05) is 13.2 Å². The van der Waals surface area contributed by atoms with Gasteiger partial charge in [0.05, 0.1) is 22.0 Å². The quantitative estimate of drug-likeness (QED) is 0.911. The average molecular weight is 318 g/mol. The van der Waals surface area contributed by atoms with Crippen molar-refractivity contribution in [3.8, 4) is 0 Å². The fourth-order valence-electron chi connectivity index (χ4n) is 2.22. The van der Waals surface area contributed by atoms with Crippen molar-refractivity contribution in [3.63, 3.8) is 0 Å². The number of likely N-dealkylation sites (tertiary alicyclic amines) is 1. The predicted octanol–water partition coefficient (Wildman–Crippen LogP) is 2.89. The summed E-state index contributed by atoms with van der Waals surface area (Å²) in [6, 6.07) is 1.84. The molecule has 0 saturated carbocycles. The third-order valence-corrected chi connectivity index (χ3v) is 4.67. The van der Waals surface area contributed by atoms with Crippen molar-refractivity contribution in [2.45, 2.75) is 31.7 Å². The first-order valence-corrected chi connectivity index (χ1v) is 7.55. The van der Waals surface area contributed by atoms with E-state index in [4.69, 9.17) is 0 Å². The number of nitrogens with zero attached hydrogens (tertiary/aromatic N) is 1. The highest BCUT2D eigenvalue weighted by Crippen LogP contribution is 2.24. The molecule has 0 spiro atoms. The number of hydrogen-bond donors (Lipinski definition) is 1. The highest BCUT2D eigenvalue weighted by Gasteiger charge is 2.26. The van der Waals surface area contributed by atoms with E-state index < -0.39 is 0 Å². The van der Waals surface area contributed by atoms with E-state index >= 15 is 0 Å². The minimum absolute atomic E-state index is 0.0105. The van der Waals surface area contributed by atoms with Crippen LogP contribution in [0.3, 0.4) is 0 Å². The fraction of sp³-hybridized carbons (Fsp3) is 0.583. The molecule has 17 heavy (non-hydrogen) atoms. The largest absolute Gasteiger partial charge is 0.394 e. The average Bonchev–Trinajstić information content (AvgIpc) is 2.64. The van der Waals surface area contributed by atoms with E-state index in [1.54, 1.807) is 0 Å². The Balaban J connectivity index is 2.15. The van der Waals surface area contributed by atoms with Gasteiger partial charge in [0.1, 0.15) is 0 Å². The maximum absolute atomic E-state index is 12.3. The lowest BCUT2D eigenvalue weighted by Gasteiger charge is -2.28. The molecule has 1 aliphatic rings. The zero-order valence-electron chi connectivity index (χ0n) is 9.56. The van der Waals surface area contributed by atoms with Crippen molar-refractivity contribution in [3.05, 3.63) is 20.8 Å². The van der Waals surface area contributed by atoms with Gasteiger partial charge < -0.3 is 10.0 Å². The first-order chi connectivity index (χ1) is 8.22. The lowest BCUT2D eigenvalue weighted by Crippen LogP contribution is -2.41. The minimum atomic E-state index is -0.0105. The van der Waals surface area contributed by atoms with Gasteiger partial charge in [-0.25, -0.2) is 0 Å². The molecule has 94 valence electrons. The second kappa shape index (κ2) is 5.98. The maximum atomic E-state index is 12.3. The molecule has 0 bridgehead atoms. The van der Waals surface area contributed by atoms with Crippen molar-refractivity contribution in [1.82, 2.24) is 4.90 Å². The van der Waals surface area contributed by atoms with Gasteiger partial charge in [0.15, 0.2) is 0 Å². The van der Waals surface area contributed by atoms with Crippen LogP contribution in [-0.2, 0) is 0 Å². The predicted molar refractivity (Wildman–Crippen MR) is 72.4 cm³/mol. The third kappa shape index (κ3) is 3.09. The molecule has 1 aromatic heterocycles. The number of carbonyl (C=O) groups is 1. The summed E-state index contributed by atoms with van der Waals surface area (Å²) >= 11 is 4.89. The van der Waals surface area contributed by atoms with Crippen LogP contribution in [-0.4, -0.2) is 35.1 Å². The molecule has 1 aliphatic heterocycles. The molecule has 1 fully saturated rings. The van der Waals surface area contributed by atoms with Gasteiger partial charge in [0.25, 0.3) is 5.91 Å². The van der Waals surface area contributed by atoms with Crippen LogP contribution >= 0.6 is 27.3 Å². The van der Waals surface area contributed by atoms with Gasteiger partial charge in [-0.05, 0) is 34.8 Å². The molecule has 5 heteroatoms. The van der Waals surface area contributed by atoms with Gasteiger partial charge >= 0.3 is 0 Å². The molecule has 0 radical (unpaired) electrons. The number of aliphatic hydroxyl groups excluding tert-OH is 1. The molecule has 1 N–H and O–H groups in total. The lowest BCUT2D eigenvalue weighted by atomic mass is 10.1. The Morgan fingerprint density at radius 2 is 2.35 bits per heavy atom. The highest BCUT2D eigenvalue weighted by molar-refractivity contribution is 9.11.